The first-order chi connectivity index (χ1) is 13.8. The van der Waals surface area contributed by atoms with Crippen molar-refractivity contribution in [3.63, 3.8) is 0 Å². The number of carbonyl (C=O) groups excluding carboxylic acids is 2. The van der Waals surface area contributed by atoms with Crippen LogP contribution in [0, 0.1) is 11.3 Å². The number of benzene rings is 2. The van der Waals surface area contributed by atoms with Crippen molar-refractivity contribution >= 4 is 39.2 Å². The number of anilines is 1. The van der Waals surface area contributed by atoms with Crippen molar-refractivity contribution in [2.75, 3.05) is 31.6 Å². The number of sulfonamides is 1. The fraction of sp³-hybridized carbons (Fsp3) is 0.211. The number of carbonyl (C=O) groups is 2. The van der Waals surface area contributed by atoms with E-state index < -0.39 is 35.1 Å². The molecule has 0 fully saturated rings. The number of hydrogen-bond acceptors (Lipinski definition) is 6. The topological polar surface area (TPSA) is 108 Å². The van der Waals surface area contributed by atoms with Crippen molar-refractivity contribution in [1.29, 1.82) is 5.26 Å². The highest BCUT2D eigenvalue weighted by Gasteiger charge is 2.24. The van der Waals surface area contributed by atoms with Gasteiger partial charge >= 0.3 is 5.97 Å². The summed E-state index contributed by atoms with van der Waals surface area (Å²) in [4.78, 5) is 25.5. The molecule has 10 heteroatoms. The van der Waals surface area contributed by atoms with E-state index in [1.54, 1.807) is 30.3 Å². The molecule has 0 atom stereocenters. The SMILES string of the molecule is CN(CC(=O)OCC(=O)N(CC#N)c1ccccc1)S(=O)(=O)c1ccc(Cl)cc1. The Morgan fingerprint density at radius 1 is 1.10 bits per heavy atom. The first kappa shape index (κ1) is 22.4. The average molecular weight is 436 g/mol. The van der Waals surface area contributed by atoms with Crippen LogP contribution in [0.4, 0.5) is 5.69 Å². The minimum Gasteiger partial charge on any atom is -0.455 e. The van der Waals surface area contributed by atoms with Crippen LogP contribution in [0.3, 0.4) is 0 Å². The molecule has 0 saturated carbocycles. The lowest BCUT2D eigenvalue weighted by Gasteiger charge is -2.20. The van der Waals surface area contributed by atoms with Gasteiger partial charge in [0, 0.05) is 17.8 Å². The monoisotopic (exact) mass is 435 g/mol. The first-order valence-corrected chi connectivity index (χ1v) is 10.2. The molecule has 1 amide bonds. The molecule has 0 radical (unpaired) electrons. The Hall–Kier alpha value is -2.93. The number of halogens is 1. The minimum atomic E-state index is -3.92. The summed E-state index contributed by atoms with van der Waals surface area (Å²) in [5.41, 5.74) is 0.484. The van der Waals surface area contributed by atoms with E-state index in [9.17, 15) is 18.0 Å². The zero-order valence-electron chi connectivity index (χ0n) is 15.5. The number of ether oxygens (including phenoxy) is 1. The smallest absolute Gasteiger partial charge is 0.321 e. The minimum absolute atomic E-state index is 0.0300. The van der Waals surface area contributed by atoms with Gasteiger partial charge in [-0.05, 0) is 36.4 Å². The summed E-state index contributed by atoms with van der Waals surface area (Å²) < 4.78 is 30.6. The second-order valence-corrected chi connectivity index (χ2v) is 8.33. The van der Waals surface area contributed by atoms with Crippen molar-refractivity contribution in [2.24, 2.45) is 0 Å². The van der Waals surface area contributed by atoms with Crippen LogP contribution in [0.25, 0.3) is 0 Å². The standard InChI is InChI=1S/C19H18ClN3O5S/c1-22(29(26,27)17-9-7-15(20)8-10-17)13-19(25)28-14-18(24)23(12-11-21)16-5-3-2-4-6-16/h2-10H,12-14H2,1H3. The number of hydrogen-bond donors (Lipinski definition) is 0. The van der Waals surface area contributed by atoms with Gasteiger partial charge in [0.2, 0.25) is 10.0 Å². The number of nitrogens with zero attached hydrogens (tertiary/aromatic N) is 3. The molecule has 8 nitrogen and oxygen atoms in total. The molecule has 2 aromatic rings. The molecular weight excluding hydrogens is 418 g/mol. The van der Waals surface area contributed by atoms with Gasteiger partial charge in [-0.15, -0.1) is 0 Å². The Morgan fingerprint density at radius 2 is 1.72 bits per heavy atom. The van der Waals surface area contributed by atoms with Gasteiger partial charge in [0.1, 0.15) is 13.1 Å². The molecule has 0 aliphatic heterocycles. The van der Waals surface area contributed by atoms with E-state index in [0.717, 1.165) is 4.31 Å². The molecular formula is C19H18ClN3O5S. The molecule has 0 aromatic heterocycles. The van der Waals surface area contributed by atoms with E-state index in [1.165, 1.54) is 36.2 Å². The molecule has 0 spiro atoms. The molecule has 29 heavy (non-hydrogen) atoms. The molecule has 0 unspecified atom stereocenters. The highest BCUT2D eigenvalue weighted by molar-refractivity contribution is 7.89. The maximum Gasteiger partial charge on any atom is 0.321 e. The zero-order valence-corrected chi connectivity index (χ0v) is 17.1. The first-order valence-electron chi connectivity index (χ1n) is 8.35. The maximum absolute atomic E-state index is 12.5. The Balaban J connectivity index is 1.97. The van der Waals surface area contributed by atoms with E-state index >= 15 is 0 Å². The van der Waals surface area contributed by atoms with Crippen LogP contribution in [0.2, 0.25) is 5.02 Å². The summed E-state index contributed by atoms with van der Waals surface area (Å²) in [5, 5.41) is 9.30. The van der Waals surface area contributed by atoms with Gasteiger partial charge in [-0.2, -0.15) is 9.57 Å². The summed E-state index contributed by atoms with van der Waals surface area (Å²) in [6.07, 6.45) is 0. The second kappa shape index (κ2) is 10.0. The van der Waals surface area contributed by atoms with Crippen LogP contribution in [0.5, 0.6) is 0 Å². The fourth-order valence-corrected chi connectivity index (χ4v) is 3.56. The number of nitriles is 1. The van der Waals surface area contributed by atoms with Crippen molar-refractivity contribution in [1.82, 2.24) is 4.31 Å². The van der Waals surface area contributed by atoms with Crippen LogP contribution < -0.4 is 4.90 Å². The van der Waals surface area contributed by atoms with Crippen LogP contribution >= 0.6 is 11.6 Å². The van der Waals surface area contributed by atoms with Gasteiger partial charge in [-0.3, -0.25) is 14.5 Å². The van der Waals surface area contributed by atoms with Crippen molar-refractivity contribution in [2.45, 2.75) is 4.90 Å². The Morgan fingerprint density at radius 3 is 2.31 bits per heavy atom. The third-order valence-corrected chi connectivity index (χ3v) is 5.90. The van der Waals surface area contributed by atoms with E-state index in [2.05, 4.69) is 0 Å². The third kappa shape index (κ3) is 6.02. The lowest BCUT2D eigenvalue weighted by molar-refractivity contribution is -0.147. The highest BCUT2D eigenvalue weighted by atomic mass is 35.5. The van der Waals surface area contributed by atoms with E-state index in [1.807, 2.05) is 6.07 Å². The summed E-state index contributed by atoms with van der Waals surface area (Å²) in [7, 11) is -2.70. The van der Waals surface area contributed by atoms with E-state index in [-0.39, 0.29) is 11.4 Å². The van der Waals surface area contributed by atoms with E-state index in [4.69, 9.17) is 21.6 Å². The predicted octanol–water partition coefficient (Wildman–Crippen LogP) is 2.06. The predicted molar refractivity (Wildman–Crippen MR) is 107 cm³/mol. The number of esters is 1. The van der Waals surface area contributed by atoms with Crippen LogP contribution in [0.1, 0.15) is 0 Å². The number of amides is 1. The van der Waals surface area contributed by atoms with E-state index in [0.29, 0.717) is 10.7 Å². The zero-order chi connectivity index (χ0) is 21.4. The highest BCUT2D eigenvalue weighted by Crippen LogP contribution is 2.17. The van der Waals surface area contributed by atoms with Crippen molar-refractivity contribution in [3.05, 3.63) is 59.6 Å². The second-order valence-electron chi connectivity index (χ2n) is 5.85. The van der Waals surface area contributed by atoms with Gasteiger partial charge in [-0.25, -0.2) is 8.42 Å². The number of likely N-dealkylation sites (N-methyl/N-ethyl adjacent to an activating group) is 1. The fourth-order valence-electron chi connectivity index (χ4n) is 2.32. The summed E-state index contributed by atoms with van der Waals surface area (Å²) in [6.45, 7) is -1.42. The van der Waals surface area contributed by atoms with Gasteiger partial charge in [-0.1, -0.05) is 29.8 Å². The summed E-state index contributed by atoms with van der Waals surface area (Å²) in [6, 6.07) is 15.8. The Bertz CT molecular complexity index is 1000. The van der Waals surface area contributed by atoms with Crippen LogP contribution in [0.15, 0.2) is 59.5 Å². The van der Waals surface area contributed by atoms with Crippen LogP contribution in [-0.4, -0.2) is 51.3 Å². The largest absolute Gasteiger partial charge is 0.455 e. The molecule has 2 rings (SSSR count). The molecule has 0 heterocycles. The molecule has 2 aromatic carbocycles. The quantitative estimate of drug-likeness (QED) is 0.464. The Kier molecular flexibility index (Phi) is 7.73. The van der Waals surface area contributed by atoms with Crippen LogP contribution in [-0.2, 0) is 24.3 Å². The van der Waals surface area contributed by atoms with Gasteiger partial charge < -0.3 is 4.74 Å². The molecule has 0 saturated heterocycles. The summed E-state index contributed by atoms with van der Waals surface area (Å²) >= 11 is 5.75. The normalized spacial score (nSPS) is 11.0. The summed E-state index contributed by atoms with van der Waals surface area (Å²) in [5.74, 6) is -1.50. The number of rotatable bonds is 8. The maximum atomic E-state index is 12.5. The molecule has 0 aliphatic rings. The molecule has 0 bridgehead atoms. The van der Waals surface area contributed by atoms with Gasteiger partial charge in [0.05, 0.1) is 11.0 Å². The van der Waals surface area contributed by atoms with Gasteiger partial charge in [0.25, 0.3) is 5.91 Å². The molecule has 152 valence electrons. The number of para-hydroxylation sites is 1. The van der Waals surface area contributed by atoms with Crippen molar-refractivity contribution in [3.8, 4) is 6.07 Å². The third-order valence-electron chi connectivity index (χ3n) is 3.83. The van der Waals surface area contributed by atoms with Gasteiger partial charge in [0.15, 0.2) is 6.61 Å². The Labute approximate surface area is 173 Å². The molecule has 0 N–H and O–H groups in total. The molecule has 0 aliphatic carbocycles. The average Bonchev–Trinajstić information content (AvgIpc) is 2.71. The lowest BCUT2D eigenvalue weighted by Crippen LogP contribution is -2.37. The van der Waals surface area contributed by atoms with Crippen molar-refractivity contribution < 1.29 is 22.7 Å². The lowest BCUT2D eigenvalue weighted by atomic mass is 10.3.